The predicted molar refractivity (Wildman–Crippen MR) is 90.4 cm³/mol. The average molecular weight is 345 g/mol. The number of nitrogens with zero attached hydrogens (tertiary/aromatic N) is 4. The summed E-state index contributed by atoms with van der Waals surface area (Å²) in [5.41, 5.74) is 2.31. The monoisotopic (exact) mass is 345 g/mol. The second-order valence-corrected chi connectivity index (χ2v) is 6.51. The van der Waals surface area contributed by atoms with Crippen molar-refractivity contribution in [1.82, 2.24) is 24.9 Å². The molecule has 6 nitrogen and oxygen atoms in total. The van der Waals surface area contributed by atoms with Gasteiger partial charge in [-0.25, -0.2) is 0 Å². The van der Waals surface area contributed by atoms with Gasteiger partial charge in [0, 0.05) is 12.4 Å². The fourth-order valence-corrected chi connectivity index (χ4v) is 3.51. The van der Waals surface area contributed by atoms with Crippen molar-refractivity contribution < 1.29 is 4.79 Å². The molecular formula is C15H15N5OS2. The van der Waals surface area contributed by atoms with E-state index in [-0.39, 0.29) is 5.91 Å². The highest BCUT2D eigenvalue weighted by atomic mass is 32.1. The molecule has 3 aromatic rings. The Kier molecular flexibility index (Phi) is 5.04. The molecule has 3 aromatic heterocycles. The average Bonchev–Trinajstić information content (AvgIpc) is 3.25. The van der Waals surface area contributed by atoms with Gasteiger partial charge in [0.05, 0.1) is 22.8 Å². The van der Waals surface area contributed by atoms with Crippen LogP contribution in [0.2, 0.25) is 0 Å². The number of aryl methyl sites for hydroxylation is 1. The lowest BCUT2D eigenvalue weighted by molar-refractivity contribution is 0.0953. The largest absolute Gasteiger partial charge is 0.345 e. The van der Waals surface area contributed by atoms with Crippen LogP contribution in [0.25, 0.3) is 10.6 Å². The van der Waals surface area contributed by atoms with E-state index in [1.807, 2.05) is 24.4 Å². The van der Waals surface area contributed by atoms with E-state index in [1.54, 1.807) is 23.7 Å². The Balaban J connectivity index is 1.74. The van der Waals surface area contributed by atoms with E-state index in [0.29, 0.717) is 11.4 Å². The van der Waals surface area contributed by atoms with Gasteiger partial charge >= 0.3 is 0 Å². The summed E-state index contributed by atoms with van der Waals surface area (Å²) in [6.45, 7) is 2.37. The minimum Gasteiger partial charge on any atom is -0.345 e. The van der Waals surface area contributed by atoms with Crippen molar-refractivity contribution in [1.29, 1.82) is 0 Å². The number of rotatable bonds is 6. The summed E-state index contributed by atoms with van der Waals surface area (Å²) in [5, 5.41) is 8.91. The zero-order valence-electron chi connectivity index (χ0n) is 12.5. The first-order valence-corrected chi connectivity index (χ1v) is 8.88. The van der Waals surface area contributed by atoms with Crippen LogP contribution in [0, 0.1) is 0 Å². The molecule has 0 fully saturated rings. The molecule has 0 aromatic carbocycles. The molecule has 0 unspecified atom stereocenters. The molecule has 3 rings (SSSR count). The first-order chi connectivity index (χ1) is 11.3. The number of hydrogen-bond donors (Lipinski definition) is 1. The van der Waals surface area contributed by atoms with Gasteiger partial charge < -0.3 is 5.32 Å². The zero-order valence-corrected chi connectivity index (χ0v) is 14.2. The standard InChI is InChI=1S/C15H15N5OS2/c1-2-4-10-14(23-20-19-10)15(21)18-9-11-13(17-7-6-16-11)12-5-3-8-22-12/h3,5-8H,2,4,9H2,1H3,(H,18,21). The van der Waals surface area contributed by atoms with E-state index in [0.717, 1.165) is 46.3 Å². The van der Waals surface area contributed by atoms with Crippen LogP contribution >= 0.6 is 22.9 Å². The molecule has 0 bridgehead atoms. The lowest BCUT2D eigenvalue weighted by Gasteiger charge is -2.07. The first kappa shape index (κ1) is 15.7. The predicted octanol–water partition coefficient (Wildman–Crippen LogP) is 2.94. The number of nitrogens with one attached hydrogen (secondary N) is 1. The fraction of sp³-hybridized carbons (Fsp3) is 0.267. The number of thiophene rings is 1. The highest BCUT2D eigenvalue weighted by Gasteiger charge is 2.16. The molecule has 1 amide bonds. The number of carbonyl (C=O) groups is 1. The van der Waals surface area contributed by atoms with E-state index < -0.39 is 0 Å². The molecule has 3 heterocycles. The van der Waals surface area contributed by atoms with E-state index in [4.69, 9.17) is 0 Å². The normalized spacial score (nSPS) is 10.7. The summed E-state index contributed by atoms with van der Waals surface area (Å²) in [7, 11) is 0. The molecular weight excluding hydrogens is 330 g/mol. The van der Waals surface area contributed by atoms with Crippen molar-refractivity contribution in [3.63, 3.8) is 0 Å². The Morgan fingerprint density at radius 1 is 1.26 bits per heavy atom. The molecule has 0 aliphatic rings. The van der Waals surface area contributed by atoms with Crippen LogP contribution in [0.1, 0.15) is 34.4 Å². The van der Waals surface area contributed by atoms with Crippen LogP contribution in [-0.2, 0) is 13.0 Å². The Hall–Kier alpha value is -2.19. The van der Waals surface area contributed by atoms with Crippen molar-refractivity contribution in [3.8, 4) is 10.6 Å². The van der Waals surface area contributed by atoms with Crippen LogP contribution in [-0.4, -0.2) is 25.5 Å². The van der Waals surface area contributed by atoms with Crippen molar-refractivity contribution in [3.05, 3.63) is 46.2 Å². The maximum atomic E-state index is 12.3. The fourth-order valence-electron chi connectivity index (χ4n) is 2.14. The Bertz CT molecular complexity index is 785. The molecule has 23 heavy (non-hydrogen) atoms. The summed E-state index contributed by atoms with van der Waals surface area (Å²) in [4.78, 5) is 22.7. The van der Waals surface area contributed by atoms with Gasteiger partial charge in [0.25, 0.3) is 5.91 Å². The highest BCUT2D eigenvalue weighted by Crippen LogP contribution is 2.24. The van der Waals surface area contributed by atoms with E-state index in [9.17, 15) is 4.79 Å². The van der Waals surface area contributed by atoms with Crippen molar-refractivity contribution in [2.45, 2.75) is 26.3 Å². The summed E-state index contributed by atoms with van der Waals surface area (Å²) >= 11 is 2.73. The van der Waals surface area contributed by atoms with Gasteiger partial charge in [0.1, 0.15) is 10.6 Å². The van der Waals surface area contributed by atoms with E-state index in [1.165, 1.54) is 0 Å². The van der Waals surface area contributed by atoms with Gasteiger partial charge in [-0.15, -0.1) is 16.4 Å². The summed E-state index contributed by atoms with van der Waals surface area (Å²) in [6.07, 6.45) is 4.98. The minimum absolute atomic E-state index is 0.161. The smallest absolute Gasteiger partial charge is 0.265 e. The van der Waals surface area contributed by atoms with E-state index in [2.05, 4.69) is 24.9 Å². The van der Waals surface area contributed by atoms with Gasteiger partial charge in [0.2, 0.25) is 0 Å². The third-order valence-electron chi connectivity index (χ3n) is 3.19. The summed E-state index contributed by atoms with van der Waals surface area (Å²) < 4.78 is 3.88. The molecule has 0 radical (unpaired) electrons. The Morgan fingerprint density at radius 3 is 2.91 bits per heavy atom. The Labute approximate surface area is 141 Å². The van der Waals surface area contributed by atoms with Crippen molar-refractivity contribution >= 4 is 28.8 Å². The lowest BCUT2D eigenvalue weighted by atomic mass is 10.2. The van der Waals surface area contributed by atoms with Gasteiger partial charge in [-0.05, 0) is 29.4 Å². The molecule has 1 N–H and O–H groups in total. The van der Waals surface area contributed by atoms with Crippen LogP contribution in [0.4, 0.5) is 0 Å². The molecule has 0 saturated heterocycles. The first-order valence-electron chi connectivity index (χ1n) is 7.22. The number of hydrogen-bond acceptors (Lipinski definition) is 7. The van der Waals surface area contributed by atoms with Gasteiger partial charge in [-0.3, -0.25) is 14.8 Å². The van der Waals surface area contributed by atoms with Crippen LogP contribution < -0.4 is 5.32 Å². The number of carbonyl (C=O) groups excluding carboxylic acids is 1. The Morgan fingerprint density at radius 2 is 2.13 bits per heavy atom. The molecule has 0 aliphatic carbocycles. The third kappa shape index (κ3) is 3.59. The minimum atomic E-state index is -0.161. The van der Waals surface area contributed by atoms with Gasteiger partial charge in [0.15, 0.2) is 0 Å². The van der Waals surface area contributed by atoms with Crippen LogP contribution in [0.3, 0.4) is 0 Å². The molecule has 8 heteroatoms. The van der Waals surface area contributed by atoms with Gasteiger partial charge in [-0.1, -0.05) is 23.9 Å². The second kappa shape index (κ2) is 7.38. The topological polar surface area (TPSA) is 80.7 Å². The van der Waals surface area contributed by atoms with Crippen LogP contribution in [0.5, 0.6) is 0 Å². The maximum absolute atomic E-state index is 12.3. The molecule has 118 valence electrons. The third-order valence-corrected chi connectivity index (χ3v) is 4.84. The van der Waals surface area contributed by atoms with Crippen molar-refractivity contribution in [2.75, 3.05) is 0 Å². The van der Waals surface area contributed by atoms with Crippen LogP contribution in [0.15, 0.2) is 29.9 Å². The summed E-state index contributed by atoms with van der Waals surface area (Å²) in [6, 6.07) is 3.96. The number of aromatic nitrogens is 4. The van der Waals surface area contributed by atoms with Crippen molar-refractivity contribution in [2.24, 2.45) is 0 Å². The molecule has 0 saturated carbocycles. The molecule has 0 aliphatic heterocycles. The number of amides is 1. The zero-order chi connectivity index (χ0) is 16.1. The quantitative estimate of drug-likeness (QED) is 0.743. The molecule has 0 spiro atoms. The highest BCUT2D eigenvalue weighted by molar-refractivity contribution is 7.13. The SMILES string of the molecule is CCCc1nnsc1C(=O)NCc1nccnc1-c1cccs1. The summed E-state index contributed by atoms with van der Waals surface area (Å²) in [5.74, 6) is -0.161. The second-order valence-electron chi connectivity index (χ2n) is 4.81. The molecule has 0 atom stereocenters. The van der Waals surface area contributed by atoms with E-state index >= 15 is 0 Å². The van der Waals surface area contributed by atoms with Gasteiger partial charge in [-0.2, -0.15) is 0 Å². The maximum Gasteiger partial charge on any atom is 0.265 e. The lowest BCUT2D eigenvalue weighted by Crippen LogP contribution is -2.24.